The number of hydrogen-bond donors (Lipinski definition) is 2. The number of benzene rings is 1. The van der Waals surface area contributed by atoms with E-state index in [1.807, 2.05) is 14.0 Å². The van der Waals surface area contributed by atoms with Crippen LogP contribution >= 0.6 is 0 Å². The highest BCUT2D eigenvalue weighted by atomic mass is 16.1. The van der Waals surface area contributed by atoms with Gasteiger partial charge in [-0.2, -0.15) is 0 Å². The summed E-state index contributed by atoms with van der Waals surface area (Å²) in [5, 5.41) is 6.02. The van der Waals surface area contributed by atoms with Crippen LogP contribution in [0.4, 0.5) is 0 Å². The van der Waals surface area contributed by atoms with Gasteiger partial charge in [-0.05, 0) is 39.1 Å². The molecule has 0 saturated carbocycles. The van der Waals surface area contributed by atoms with E-state index in [1.165, 1.54) is 5.56 Å². The molecule has 1 aromatic rings. The van der Waals surface area contributed by atoms with Gasteiger partial charge in [0.05, 0.1) is 0 Å². The van der Waals surface area contributed by atoms with Gasteiger partial charge in [0.1, 0.15) is 0 Å². The second-order valence-electron chi connectivity index (χ2n) is 6.01. The molecule has 1 unspecified atom stereocenters. The second-order valence-corrected chi connectivity index (χ2v) is 6.01. The molecule has 4 nitrogen and oxygen atoms in total. The molecule has 0 spiro atoms. The Hall–Kier alpha value is -1.39. The van der Waals surface area contributed by atoms with Gasteiger partial charge in [-0.3, -0.25) is 9.69 Å². The van der Waals surface area contributed by atoms with Crippen LogP contribution in [0.3, 0.4) is 0 Å². The predicted octanol–water partition coefficient (Wildman–Crippen LogP) is 2.00. The number of nitrogens with one attached hydrogen (secondary N) is 2. The maximum atomic E-state index is 11.9. The third-order valence-electron chi connectivity index (χ3n) is 3.73. The van der Waals surface area contributed by atoms with Crippen LogP contribution in [0.1, 0.15) is 31.9 Å². The van der Waals surface area contributed by atoms with Gasteiger partial charge in [0, 0.05) is 31.6 Å². The average molecular weight is 291 g/mol. The summed E-state index contributed by atoms with van der Waals surface area (Å²) in [4.78, 5) is 14.2. The first-order chi connectivity index (χ1) is 9.93. The molecule has 1 atom stereocenters. The van der Waals surface area contributed by atoms with Crippen LogP contribution in [0.5, 0.6) is 0 Å². The Morgan fingerprint density at radius 2 is 1.90 bits per heavy atom. The lowest BCUT2D eigenvalue weighted by Gasteiger charge is -2.21. The minimum absolute atomic E-state index is 0.00902. The maximum Gasteiger partial charge on any atom is 0.224 e. The first kappa shape index (κ1) is 17.7. The van der Waals surface area contributed by atoms with Crippen molar-refractivity contribution < 1.29 is 4.79 Å². The Bertz CT molecular complexity index is 445. The smallest absolute Gasteiger partial charge is 0.224 e. The van der Waals surface area contributed by atoms with Crippen molar-refractivity contribution in [2.45, 2.75) is 39.9 Å². The molecule has 0 heterocycles. The number of rotatable bonds is 8. The molecule has 1 amide bonds. The molecule has 0 aliphatic carbocycles. The molecular weight excluding hydrogens is 262 g/mol. The number of nitrogens with zero attached hydrogens (tertiary/aromatic N) is 1. The van der Waals surface area contributed by atoms with Crippen molar-refractivity contribution >= 4 is 5.91 Å². The van der Waals surface area contributed by atoms with Gasteiger partial charge >= 0.3 is 0 Å². The van der Waals surface area contributed by atoms with E-state index in [1.54, 1.807) is 0 Å². The van der Waals surface area contributed by atoms with E-state index in [9.17, 15) is 4.79 Å². The van der Waals surface area contributed by atoms with Crippen molar-refractivity contribution in [1.82, 2.24) is 15.5 Å². The van der Waals surface area contributed by atoms with Crippen LogP contribution in [-0.4, -0.2) is 37.5 Å². The van der Waals surface area contributed by atoms with E-state index in [0.29, 0.717) is 19.1 Å². The van der Waals surface area contributed by atoms with E-state index in [2.05, 4.69) is 60.7 Å². The van der Waals surface area contributed by atoms with Crippen molar-refractivity contribution in [3.05, 3.63) is 35.4 Å². The Morgan fingerprint density at radius 1 is 1.24 bits per heavy atom. The topological polar surface area (TPSA) is 44.4 Å². The fourth-order valence-corrected chi connectivity index (χ4v) is 2.07. The largest absolute Gasteiger partial charge is 0.352 e. The van der Waals surface area contributed by atoms with Crippen LogP contribution in [0.25, 0.3) is 0 Å². The summed E-state index contributed by atoms with van der Waals surface area (Å²) in [6, 6.07) is 8.94. The van der Waals surface area contributed by atoms with Gasteiger partial charge in [-0.1, -0.05) is 31.2 Å². The van der Waals surface area contributed by atoms with Crippen molar-refractivity contribution in [3.8, 4) is 0 Å². The molecule has 21 heavy (non-hydrogen) atoms. The summed E-state index contributed by atoms with van der Waals surface area (Å²) >= 11 is 0. The minimum atomic E-state index is -0.00902. The summed E-state index contributed by atoms with van der Waals surface area (Å²) in [5.41, 5.74) is 2.43. The third kappa shape index (κ3) is 6.27. The molecule has 0 saturated heterocycles. The van der Waals surface area contributed by atoms with Gasteiger partial charge in [0.25, 0.3) is 0 Å². The normalized spacial score (nSPS) is 12.7. The molecule has 0 aliphatic heterocycles. The van der Waals surface area contributed by atoms with Crippen LogP contribution in [0.15, 0.2) is 24.3 Å². The first-order valence-corrected chi connectivity index (χ1v) is 7.64. The van der Waals surface area contributed by atoms with Gasteiger partial charge in [-0.15, -0.1) is 0 Å². The molecule has 0 aromatic heterocycles. The van der Waals surface area contributed by atoms with E-state index >= 15 is 0 Å². The predicted molar refractivity (Wildman–Crippen MR) is 88.0 cm³/mol. The maximum absolute atomic E-state index is 11.9. The highest BCUT2D eigenvalue weighted by molar-refractivity contribution is 5.78. The van der Waals surface area contributed by atoms with E-state index in [4.69, 9.17) is 0 Å². The fourth-order valence-electron chi connectivity index (χ4n) is 2.07. The number of carbonyl (C=O) groups excluding carboxylic acids is 1. The minimum Gasteiger partial charge on any atom is -0.352 e. The van der Waals surface area contributed by atoms with Gasteiger partial charge in [0.15, 0.2) is 0 Å². The fraction of sp³-hybridized carbons (Fsp3) is 0.588. The summed E-state index contributed by atoms with van der Waals surface area (Å²) in [6.07, 6.45) is 0. The van der Waals surface area contributed by atoms with Crippen LogP contribution in [0.2, 0.25) is 0 Å². The summed E-state index contributed by atoms with van der Waals surface area (Å²) in [7, 11) is 3.98. The summed E-state index contributed by atoms with van der Waals surface area (Å²) < 4.78 is 0. The molecule has 2 N–H and O–H groups in total. The van der Waals surface area contributed by atoms with Gasteiger partial charge in [0.2, 0.25) is 5.91 Å². The molecule has 0 bridgehead atoms. The molecule has 118 valence electrons. The van der Waals surface area contributed by atoms with Gasteiger partial charge in [-0.25, -0.2) is 0 Å². The summed E-state index contributed by atoms with van der Waals surface area (Å²) in [5.74, 6) is 0.0827. The summed E-state index contributed by atoms with van der Waals surface area (Å²) in [6.45, 7) is 8.52. The zero-order valence-corrected chi connectivity index (χ0v) is 13.9. The molecule has 1 rings (SSSR count). The highest BCUT2D eigenvalue weighted by Crippen LogP contribution is 2.09. The quantitative estimate of drug-likeness (QED) is 0.770. The third-order valence-corrected chi connectivity index (χ3v) is 3.73. The van der Waals surface area contributed by atoms with Crippen LogP contribution < -0.4 is 10.6 Å². The van der Waals surface area contributed by atoms with Gasteiger partial charge < -0.3 is 10.6 Å². The lowest BCUT2D eigenvalue weighted by molar-refractivity contribution is -0.124. The first-order valence-electron chi connectivity index (χ1n) is 7.64. The Morgan fingerprint density at radius 3 is 2.52 bits per heavy atom. The van der Waals surface area contributed by atoms with Crippen molar-refractivity contribution in [3.63, 3.8) is 0 Å². The lowest BCUT2D eigenvalue weighted by atomic mass is 10.1. The second kappa shape index (κ2) is 8.80. The molecular formula is C17H29N3O. The zero-order valence-electron chi connectivity index (χ0n) is 13.9. The Kier molecular flexibility index (Phi) is 7.40. The molecule has 0 aliphatic rings. The van der Waals surface area contributed by atoms with Crippen LogP contribution in [-0.2, 0) is 17.9 Å². The molecule has 4 heteroatoms. The molecule has 0 fully saturated rings. The highest BCUT2D eigenvalue weighted by Gasteiger charge is 2.11. The monoisotopic (exact) mass is 291 g/mol. The van der Waals surface area contributed by atoms with Crippen molar-refractivity contribution in [1.29, 1.82) is 0 Å². The lowest BCUT2D eigenvalue weighted by Crippen LogP contribution is -2.33. The number of carbonyl (C=O) groups is 1. The Labute approximate surface area is 128 Å². The van der Waals surface area contributed by atoms with E-state index < -0.39 is 0 Å². The van der Waals surface area contributed by atoms with E-state index in [0.717, 1.165) is 12.1 Å². The van der Waals surface area contributed by atoms with E-state index in [-0.39, 0.29) is 11.8 Å². The SMILES string of the molecule is CNCC(C)C(=O)NCc1cccc(CN(C)C(C)C)c1. The standard InChI is InChI=1S/C17H29N3O/c1-13(2)20(5)12-16-8-6-7-15(9-16)11-19-17(21)14(3)10-18-4/h6-9,13-14,18H,10-12H2,1-5H3,(H,19,21). The molecule has 1 aromatic carbocycles. The molecule has 0 radical (unpaired) electrons. The zero-order chi connectivity index (χ0) is 15.8. The van der Waals surface area contributed by atoms with Crippen molar-refractivity contribution in [2.24, 2.45) is 5.92 Å². The number of amides is 1. The Balaban J connectivity index is 2.55. The number of hydrogen-bond acceptors (Lipinski definition) is 3. The van der Waals surface area contributed by atoms with Crippen LogP contribution in [0, 0.1) is 5.92 Å². The van der Waals surface area contributed by atoms with Crippen molar-refractivity contribution in [2.75, 3.05) is 20.6 Å². The average Bonchev–Trinajstić information content (AvgIpc) is 2.45.